The zero-order valence-electron chi connectivity index (χ0n) is 9.07. The van der Waals surface area contributed by atoms with Gasteiger partial charge in [-0.25, -0.2) is 4.39 Å². The van der Waals surface area contributed by atoms with E-state index in [2.05, 4.69) is 19.2 Å². The van der Waals surface area contributed by atoms with Gasteiger partial charge in [0.25, 0.3) is 0 Å². The van der Waals surface area contributed by atoms with Gasteiger partial charge in [0.15, 0.2) is 0 Å². The summed E-state index contributed by atoms with van der Waals surface area (Å²) in [5, 5.41) is 2.91. The Morgan fingerprint density at radius 1 is 1.38 bits per heavy atom. The topological polar surface area (TPSA) is 12.0 Å². The van der Waals surface area contributed by atoms with Crippen LogP contribution in [0, 0.1) is 11.3 Å². The van der Waals surface area contributed by atoms with Gasteiger partial charge in [0, 0.05) is 6.54 Å². The maximum absolute atomic E-state index is 13.5. The van der Waals surface area contributed by atoms with Gasteiger partial charge >= 0.3 is 0 Å². The highest BCUT2D eigenvalue weighted by Gasteiger charge is 2.30. The van der Waals surface area contributed by atoms with E-state index in [1.54, 1.807) is 0 Å². The van der Waals surface area contributed by atoms with Crippen LogP contribution < -0.4 is 5.32 Å². The first-order valence-electron chi connectivity index (χ1n) is 5.34. The molecule has 0 radical (unpaired) electrons. The Morgan fingerprint density at radius 2 is 1.92 bits per heavy atom. The fourth-order valence-corrected chi connectivity index (χ4v) is 2.14. The number of halogens is 1. The summed E-state index contributed by atoms with van der Waals surface area (Å²) in [4.78, 5) is 0. The van der Waals surface area contributed by atoms with E-state index >= 15 is 0 Å². The molecule has 0 heterocycles. The monoisotopic (exact) mass is 187 g/mol. The molecule has 0 aliphatic heterocycles. The van der Waals surface area contributed by atoms with Crippen molar-refractivity contribution < 1.29 is 4.39 Å². The fraction of sp³-hybridized carbons (Fsp3) is 1.00. The zero-order chi connectivity index (χ0) is 9.90. The second kappa shape index (κ2) is 4.41. The second-order valence-corrected chi connectivity index (χ2v) is 5.08. The number of alkyl halides is 1. The molecule has 0 bridgehead atoms. The Hall–Kier alpha value is -0.110. The Morgan fingerprint density at radius 3 is 2.38 bits per heavy atom. The summed E-state index contributed by atoms with van der Waals surface area (Å²) in [6.07, 6.45) is 3.86. The quantitative estimate of drug-likeness (QED) is 0.716. The van der Waals surface area contributed by atoms with Crippen molar-refractivity contribution in [2.24, 2.45) is 11.3 Å². The summed E-state index contributed by atoms with van der Waals surface area (Å²) >= 11 is 0. The van der Waals surface area contributed by atoms with E-state index in [0.717, 1.165) is 12.8 Å². The molecule has 1 unspecified atom stereocenters. The van der Waals surface area contributed by atoms with Crippen LogP contribution in [0.2, 0.25) is 0 Å². The number of hydrogen-bond acceptors (Lipinski definition) is 1. The summed E-state index contributed by atoms with van der Waals surface area (Å²) in [5.41, 5.74) is 0.454. The summed E-state index contributed by atoms with van der Waals surface area (Å²) in [7, 11) is 1.82. The minimum atomic E-state index is -0.638. The smallest absolute Gasteiger partial charge is 0.115 e. The van der Waals surface area contributed by atoms with Gasteiger partial charge in [-0.2, -0.15) is 0 Å². The summed E-state index contributed by atoms with van der Waals surface area (Å²) in [6, 6.07) is 0. The van der Waals surface area contributed by atoms with E-state index in [1.807, 2.05) is 7.05 Å². The Kier molecular flexibility index (Phi) is 3.72. The molecule has 78 valence electrons. The second-order valence-electron chi connectivity index (χ2n) is 5.08. The minimum Gasteiger partial charge on any atom is -0.317 e. The standard InChI is InChI=1S/C11H22FN/c1-11(2)6-4-9(5-7-11)10(12)8-13-3/h9-10,13H,4-8H2,1-3H3. The lowest BCUT2D eigenvalue weighted by Gasteiger charge is -2.35. The van der Waals surface area contributed by atoms with Gasteiger partial charge in [0.1, 0.15) is 6.17 Å². The van der Waals surface area contributed by atoms with Gasteiger partial charge in [-0.1, -0.05) is 13.8 Å². The van der Waals surface area contributed by atoms with Crippen molar-refractivity contribution in [1.29, 1.82) is 0 Å². The van der Waals surface area contributed by atoms with E-state index in [-0.39, 0.29) is 0 Å². The SMILES string of the molecule is CNCC(F)C1CCC(C)(C)CC1. The summed E-state index contributed by atoms with van der Waals surface area (Å²) < 4.78 is 13.5. The van der Waals surface area contributed by atoms with Gasteiger partial charge in [-0.15, -0.1) is 0 Å². The van der Waals surface area contributed by atoms with Crippen LogP contribution >= 0.6 is 0 Å². The molecule has 13 heavy (non-hydrogen) atoms. The van der Waals surface area contributed by atoms with Crippen LogP contribution in [0.15, 0.2) is 0 Å². The van der Waals surface area contributed by atoms with Gasteiger partial charge in [0.2, 0.25) is 0 Å². The molecule has 0 aromatic heterocycles. The number of hydrogen-bond donors (Lipinski definition) is 1. The van der Waals surface area contributed by atoms with Crippen LogP contribution in [-0.2, 0) is 0 Å². The Bertz CT molecular complexity index is 146. The van der Waals surface area contributed by atoms with E-state index in [9.17, 15) is 4.39 Å². The van der Waals surface area contributed by atoms with E-state index in [4.69, 9.17) is 0 Å². The van der Waals surface area contributed by atoms with Gasteiger partial charge < -0.3 is 5.32 Å². The van der Waals surface area contributed by atoms with Crippen LogP contribution in [0.1, 0.15) is 39.5 Å². The lowest BCUT2D eigenvalue weighted by atomic mass is 9.72. The predicted octanol–water partition coefficient (Wildman–Crippen LogP) is 2.76. The van der Waals surface area contributed by atoms with Crippen LogP contribution in [-0.4, -0.2) is 19.8 Å². The maximum atomic E-state index is 13.5. The Labute approximate surface area is 81.1 Å². The molecule has 1 aliphatic carbocycles. The molecule has 0 saturated heterocycles. The van der Waals surface area contributed by atoms with Crippen molar-refractivity contribution >= 4 is 0 Å². The fourth-order valence-electron chi connectivity index (χ4n) is 2.14. The lowest BCUT2D eigenvalue weighted by molar-refractivity contribution is 0.120. The molecule has 1 fully saturated rings. The molecule has 0 amide bonds. The first-order chi connectivity index (χ1) is 6.05. The molecule has 1 rings (SSSR count). The Balaban J connectivity index is 2.32. The maximum Gasteiger partial charge on any atom is 0.115 e. The summed E-state index contributed by atoms with van der Waals surface area (Å²) in [5.74, 6) is 0.306. The van der Waals surface area contributed by atoms with Crippen LogP contribution in [0.4, 0.5) is 4.39 Å². The third-order valence-corrected chi connectivity index (χ3v) is 3.29. The van der Waals surface area contributed by atoms with Crippen molar-refractivity contribution in [2.45, 2.75) is 45.7 Å². The first kappa shape index (κ1) is 11.0. The van der Waals surface area contributed by atoms with E-state index in [1.165, 1.54) is 12.8 Å². The molecular weight excluding hydrogens is 165 g/mol. The normalized spacial score (nSPS) is 25.8. The summed E-state index contributed by atoms with van der Waals surface area (Å²) in [6.45, 7) is 5.09. The molecule has 1 aliphatic rings. The molecule has 1 atom stereocenters. The molecule has 0 aromatic carbocycles. The van der Waals surface area contributed by atoms with Crippen molar-refractivity contribution in [2.75, 3.05) is 13.6 Å². The molecular formula is C11H22FN. The highest BCUT2D eigenvalue weighted by Crippen LogP contribution is 2.39. The average Bonchev–Trinajstić information content (AvgIpc) is 2.04. The molecule has 1 N–H and O–H groups in total. The molecule has 0 aromatic rings. The third kappa shape index (κ3) is 3.26. The van der Waals surface area contributed by atoms with Crippen molar-refractivity contribution in [1.82, 2.24) is 5.32 Å². The average molecular weight is 187 g/mol. The molecule has 1 saturated carbocycles. The third-order valence-electron chi connectivity index (χ3n) is 3.29. The first-order valence-corrected chi connectivity index (χ1v) is 5.34. The zero-order valence-corrected chi connectivity index (χ0v) is 9.07. The van der Waals surface area contributed by atoms with Crippen molar-refractivity contribution in [3.8, 4) is 0 Å². The predicted molar refractivity (Wildman–Crippen MR) is 54.6 cm³/mol. The van der Waals surface area contributed by atoms with Crippen LogP contribution in [0.3, 0.4) is 0 Å². The van der Waals surface area contributed by atoms with Crippen LogP contribution in [0.5, 0.6) is 0 Å². The molecule has 1 nitrogen and oxygen atoms in total. The van der Waals surface area contributed by atoms with Gasteiger partial charge in [0.05, 0.1) is 0 Å². The highest BCUT2D eigenvalue weighted by atomic mass is 19.1. The van der Waals surface area contributed by atoms with Gasteiger partial charge in [-0.05, 0) is 44.1 Å². The van der Waals surface area contributed by atoms with E-state index in [0.29, 0.717) is 17.9 Å². The molecule has 2 heteroatoms. The van der Waals surface area contributed by atoms with Crippen molar-refractivity contribution in [3.05, 3.63) is 0 Å². The van der Waals surface area contributed by atoms with Crippen LogP contribution in [0.25, 0.3) is 0 Å². The van der Waals surface area contributed by atoms with E-state index < -0.39 is 6.17 Å². The molecule has 0 spiro atoms. The largest absolute Gasteiger partial charge is 0.317 e. The minimum absolute atomic E-state index is 0.306. The van der Waals surface area contributed by atoms with Crippen molar-refractivity contribution in [3.63, 3.8) is 0 Å². The highest BCUT2D eigenvalue weighted by molar-refractivity contribution is 4.82. The van der Waals surface area contributed by atoms with Gasteiger partial charge in [-0.3, -0.25) is 0 Å². The lowest BCUT2D eigenvalue weighted by Crippen LogP contribution is -2.32. The number of rotatable bonds is 3. The number of nitrogens with one attached hydrogen (secondary N) is 1.